The van der Waals surface area contributed by atoms with Gasteiger partial charge < -0.3 is 10.2 Å². The van der Waals surface area contributed by atoms with Crippen LogP contribution in [-0.4, -0.2) is 56.1 Å². The van der Waals surface area contributed by atoms with Crippen molar-refractivity contribution in [3.8, 4) is 0 Å². The van der Waals surface area contributed by atoms with Crippen molar-refractivity contribution < 1.29 is 0 Å². The van der Waals surface area contributed by atoms with Crippen LogP contribution in [0.5, 0.6) is 0 Å². The first-order chi connectivity index (χ1) is 10.1. The molecule has 0 aromatic heterocycles. The zero-order chi connectivity index (χ0) is 15.7. The number of benzene rings is 1. The molecule has 0 saturated carbocycles. The SMILES string of the molecule is CC(c1ccc(Cl)cc1)N1CCNCC1.CCN(C)CC. The third-order valence-electron chi connectivity index (χ3n) is 4.13. The first kappa shape index (κ1) is 18.4. The van der Waals surface area contributed by atoms with E-state index >= 15 is 0 Å². The van der Waals surface area contributed by atoms with Gasteiger partial charge in [0.15, 0.2) is 0 Å². The Hall–Kier alpha value is -0.610. The Morgan fingerprint density at radius 2 is 1.67 bits per heavy atom. The first-order valence-corrected chi connectivity index (χ1v) is 8.35. The minimum atomic E-state index is 0.490. The molecule has 4 heteroatoms. The average Bonchev–Trinajstić information content (AvgIpc) is 2.55. The molecular weight excluding hydrogens is 282 g/mol. The number of rotatable bonds is 4. The van der Waals surface area contributed by atoms with E-state index in [1.807, 2.05) is 12.1 Å². The Kier molecular flexibility index (Phi) is 8.93. The number of hydrogen-bond acceptors (Lipinski definition) is 3. The van der Waals surface area contributed by atoms with Crippen molar-refractivity contribution in [3.63, 3.8) is 0 Å². The highest BCUT2D eigenvalue weighted by atomic mass is 35.5. The molecule has 21 heavy (non-hydrogen) atoms. The second-order valence-corrected chi connectivity index (χ2v) is 5.94. The minimum Gasteiger partial charge on any atom is -0.314 e. The van der Waals surface area contributed by atoms with E-state index in [0.717, 1.165) is 44.3 Å². The fraction of sp³-hybridized carbons (Fsp3) is 0.647. The van der Waals surface area contributed by atoms with Crippen LogP contribution in [0.2, 0.25) is 5.02 Å². The van der Waals surface area contributed by atoms with E-state index in [2.05, 4.69) is 55.1 Å². The molecule has 1 N–H and O–H groups in total. The summed E-state index contributed by atoms with van der Waals surface area (Å²) in [6.45, 7) is 13.3. The van der Waals surface area contributed by atoms with Crippen molar-refractivity contribution in [1.82, 2.24) is 15.1 Å². The normalized spacial score (nSPS) is 17.2. The average molecular weight is 312 g/mol. The lowest BCUT2D eigenvalue weighted by atomic mass is 10.1. The summed E-state index contributed by atoms with van der Waals surface area (Å²) in [6.07, 6.45) is 0. The van der Waals surface area contributed by atoms with Crippen molar-refractivity contribution >= 4 is 11.6 Å². The third-order valence-corrected chi connectivity index (χ3v) is 4.38. The highest BCUT2D eigenvalue weighted by Gasteiger charge is 2.17. The van der Waals surface area contributed by atoms with E-state index in [-0.39, 0.29) is 0 Å². The summed E-state index contributed by atoms with van der Waals surface area (Å²) in [4.78, 5) is 4.75. The van der Waals surface area contributed by atoms with Gasteiger partial charge in [0, 0.05) is 37.2 Å². The summed E-state index contributed by atoms with van der Waals surface area (Å²) in [5, 5.41) is 4.18. The Morgan fingerprint density at radius 3 is 2.10 bits per heavy atom. The predicted octanol–water partition coefficient (Wildman–Crippen LogP) is 3.26. The fourth-order valence-corrected chi connectivity index (χ4v) is 2.37. The van der Waals surface area contributed by atoms with Crippen LogP contribution in [0.1, 0.15) is 32.4 Å². The largest absolute Gasteiger partial charge is 0.314 e. The van der Waals surface area contributed by atoms with Gasteiger partial charge in [-0.1, -0.05) is 37.6 Å². The maximum atomic E-state index is 5.88. The van der Waals surface area contributed by atoms with Gasteiger partial charge in [0.05, 0.1) is 0 Å². The van der Waals surface area contributed by atoms with Gasteiger partial charge >= 0.3 is 0 Å². The molecular formula is C17H30ClN3. The van der Waals surface area contributed by atoms with Gasteiger partial charge in [-0.15, -0.1) is 0 Å². The van der Waals surface area contributed by atoms with Crippen LogP contribution in [0.4, 0.5) is 0 Å². The predicted molar refractivity (Wildman–Crippen MR) is 93.2 cm³/mol. The fourth-order valence-electron chi connectivity index (χ4n) is 2.25. The summed E-state index contributed by atoms with van der Waals surface area (Å²) in [7, 11) is 2.11. The molecule has 0 bridgehead atoms. The quantitative estimate of drug-likeness (QED) is 0.921. The molecule has 0 radical (unpaired) electrons. The molecule has 0 spiro atoms. The monoisotopic (exact) mass is 311 g/mol. The molecule has 1 saturated heterocycles. The molecule has 1 atom stereocenters. The molecule has 120 valence electrons. The van der Waals surface area contributed by atoms with Gasteiger partial charge in [0.25, 0.3) is 0 Å². The van der Waals surface area contributed by atoms with Crippen molar-refractivity contribution in [2.75, 3.05) is 46.3 Å². The summed E-state index contributed by atoms with van der Waals surface area (Å²) in [5.74, 6) is 0. The zero-order valence-corrected chi connectivity index (χ0v) is 14.7. The summed E-state index contributed by atoms with van der Waals surface area (Å²) in [6, 6.07) is 8.67. The highest BCUT2D eigenvalue weighted by Crippen LogP contribution is 2.21. The molecule has 3 nitrogen and oxygen atoms in total. The maximum Gasteiger partial charge on any atom is 0.0406 e. The Labute approximate surface area is 135 Å². The van der Waals surface area contributed by atoms with Crippen molar-refractivity contribution in [3.05, 3.63) is 34.9 Å². The summed E-state index contributed by atoms with van der Waals surface area (Å²) in [5.41, 5.74) is 1.35. The van der Waals surface area contributed by atoms with Gasteiger partial charge in [-0.25, -0.2) is 0 Å². The van der Waals surface area contributed by atoms with Gasteiger partial charge in [0.1, 0.15) is 0 Å². The smallest absolute Gasteiger partial charge is 0.0406 e. The molecule has 1 unspecified atom stereocenters. The van der Waals surface area contributed by atoms with Crippen LogP contribution in [-0.2, 0) is 0 Å². The van der Waals surface area contributed by atoms with Crippen LogP contribution in [0.25, 0.3) is 0 Å². The number of piperazine rings is 1. The number of nitrogens with one attached hydrogen (secondary N) is 1. The molecule has 1 aliphatic heterocycles. The Bertz CT molecular complexity index is 370. The molecule has 0 amide bonds. The number of halogens is 1. The van der Waals surface area contributed by atoms with Gasteiger partial charge in [0.2, 0.25) is 0 Å². The van der Waals surface area contributed by atoms with Gasteiger partial charge in [-0.2, -0.15) is 0 Å². The van der Waals surface area contributed by atoms with E-state index < -0.39 is 0 Å². The highest BCUT2D eigenvalue weighted by molar-refractivity contribution is 6.30. The van der Waals surface area contributed by atoms with Crippen LogP contribution < -0.4 is 5.32 Å². The first-order valence-electron chi connectivity index (χ1n) is 7.97. The second kappa shape index (κ2) is 10.2. The minimum absolute atomic E-state index is 0.490. The standard InChI is InChI=1S/C12H17ClN2.C5H13N/c1-10(15-8-6-14-7-9-15)11-2-4-12(13)5-3-11;1-4-6(3)5-2/h2-5,10,14H,6-9H2,1H3;4-5H2,1-3H3. The van der Waals surface area contributed by atoms with Gasteiger partial charge in [-0.3, -0.25) is 4.90 Å². The molecule has 0 aliphatic carbocycles. The molecule has 1 aromatic carbocycles. The molecule has 1 heterocycles. The Balaban J connectivity index is 0.000000315. The van der Waals surface area contributed by atoms with Crippen LogP contribution in [0, 0.1) is 0 Å². The van der Waals surface area contributed by atoms with E-state index in [1.54, 1.807) is 0 Å². The molecule has 2 rings (SSSR count). The van der Waals surface area contributed by atoms with Crippen molar-refractivity contribution in [2.24, 2.45) is 0 Å². The van der Waals surface area contributed by atoms with E-state index in [4.69, 9.17) is 11.6 Å². The second-order valence-electron chi connectivity index (χ2n) is 5.50. The lowest BCUT2D eigenvalue weighted by Gasteiger charge is -2.33. The summed E-state index contributed by atoms with van der Waals surface area (Å²) >= 11 is 5.88. The molecule has 1 fully saturated rings. The maximum absolute atomic E-state index is 5.88. The lowest BCUT2D eigenvalue weighted by Crippen LogP contribution is -2.44. The van der Waals surface area contributed by atoms with E-state index in [9.17, 15) is 0 Å². The number of hydrogen-bond donors (Lipinski definition) is 1. The topological polar surface area (TPSA) is 18.5 Å². The third kappa shape index (κ3) is 6.79. The van der Waals surface area contributed by atoms with E-state index in [0.29, 0.717) is 6.04 Å². The zero-order valence-electron chi connectivity index (χ0n) is 13.9. The number of nitrogens with zero attached hydrogens (tertiary/aromatic N) is 2. The lowest BCUT2D eigenvalue weighted by molar-refractivity contribution is 0.185. The molecule has 1 aromatic rings. The van der Waals surface area contributed by atoms with E-state index in [1.165, 1.54) is 5.56 Å². The van der Waals surface area contributed by atoms with Gasteiger partial charge in [-0.05, 0) is 44.8 Å². The summed E-state index contributed by atoms with van der Waals surface area (Å²) < 4.78 is 0. The Morgan fingerprint density at radius 1 is 1.14 bits per heavy atom. The van der Waals surface area contributed by atoms with Crippen LogP contribution >= 0.6 is 11.6 Å². The van der Waals surface area contributed by atoms with Crippen molar-refractivity contribution in [1.29, 1.82) is 0 Å². The molecule has 1 aliphatic rings. The van der Waals surface area contributed by atoms with Crippen LogP contribution in [0.15, 0.2) is 24.3 Å². The van der Waals surface area contributed by atoms with Crippen LogP contribution in [0.3, 0.4) is 0 Å². The van der Waals surface area contributed by atoms with Crippen molar-refractivity contribution in [2.45, 2.75) is 26.8 Å².